The standard InChI is InChI=1S/C23H27BrN4O4S/c1-4-5-6-20(29)25-17-10-7-15(8-11-17)22(31)27-28-23(33)26-21(30)16-9-12-19(18(24)13-16)32-14(2)3/h7-14H,4-6H2,1-3H3,(H,25,29)(H,27,31)(H2,26,28,30,33). The van der Waals surface area contributed by atoms with Crippen LogP contribution in [0.5, 0.6) is 5.75 Å². The largest absolute Gasteiger partial charge is 0.490 e. The van der Waals surface area contributed by atoms with Gasteiger partial charge >= 0.3 is 0 Å². The summed E-state index contributed by atoms with van der Waals surface area (Å²) in [6.45, 7) is 5.84. The topological polar surface area (TPSA) is 109 Å². The number of carbonyl (C=O) groups excluding carboxylic acids is 3. The van der Waals surface area contributed by atoms with E-state index < -0.39 is 11.8 Å². The summed E-state index contributed by atoms with van der Waals surface area (Å²) < 4.78 is 6.26. The van der Waals surface area contributed by atoms with E-state index in [0.717, 1.165) is 12.8 Å². The van der Waals surface area contributed by atoms with Gasteiger partial charge in [-0.15, -0.1) is 0 Å². The highest BCUT2D eigenvalue weighted by molar-refractivity contribution is 9.10. The van der Waals surface area contributed by atoms with Crippen LogP contribution in [0.25, 0.3) is 0 Å². The van der Waals surface area contributed by atoms with Crippen molar-refractivity contribution in [2.75, 3.05) is 5.32 Å². The van der Waals surface area contributed by atoms with Crippen molar-refractivity contribution in [3.05, 3.63) is 58.1 Å². The molecular formula is C23H27BrN4O4S. The van der Waals surface area contributed by atoms with E-state index in [1.807, 2.05) is 20.8 Å². The summed E-state index contributed by atoms with van der Waals surface area (Å²) in [6, 6.07) is 11.4. The maximum atomic E-state index is 12.4. The Labute approximate surface area is 206 Å². The molecule has 0 heterocycles. The minimum Gasteiger partial charge on any atom is -0.490 e. The molecule has 4 N–H and O–H groups in total. The lowest BCUT2D eigenvalue weighted by Gasteiger charge is -2.13. The Morgan fingerprint density at radius 1 is 1.00 bits per heavy atom. The predicted molar refractivity (Wildman–Crippen MR) is 135 cm³/mol. The number of halogens is 1. The molecule has 0 saturated carbocycles. The first-order chi connectivity index (χ1) is 15.7. The second-order valence-corrected chi connectivity index (χ2v) is 8.67. The molecule has 0 saturated heterocycles. The molecular weight excluding hydrogens is 508 g/mol. The van der Waals surface area contributed by atoms with Crippen LogP contribution >= 0.6 is 28.1 Å². The predicted octanol–water partition coefficient (Wildman–Crippen LogP) is 4.31. The van der Waals surface area contributed by atoms with Gasteiger partial charge in [0.1, 0.15) is 5.75 Å². The van der Waals surface area contributed by atoms with Crippen LogP contribution in [0.4, 0.5) is 5.69 Å². The third-order valence-corrected chi connectivity index (χ3v) is 5.09. The molecule has 8 nitrogen and oxygen atoms in total. The molecule has 0 unspecified atom stereocenters. The first-order valence-corrected chi connectivity index (χ1v) is 11.7. The summed E-state index contributed by atoms with van der Waals surface area (Å²) in [7, 11) is 0. The van der Waals surface area contributed by atoms with Crippen molar-refractivity contribution in [2.45, 2.75) is 46.1 Å². The van der Waals surface area contributed by atoms with Crippen molar-refractivity contribution >= 4 is 56.7 Å². The Balaban J connectivity index is 1.84. The Kier molecular flexibility index (Phi) is 10.3. The van der Waals surface area contributed by atoms with Gasteiger partial charge in [-0.05, 0) is 90.9 Å². The fourth-order valence-corrected chi connectivity index (χ4v) is 3.27. The Hall–Kier alpha value is -2.98. The minimum atomic E-state index is -0.451. The number of nitrogens with one attached hydrogen (secondary N) is 4. The molecule has 0 aliphatic heterocycles. The lowest BCUT2D eigenvalue weighted by molar-refractivity contribution is -0.116. The lowest BCUT2D eigenvalue weighted by Crippen LogP contribution is -2.48. The zero-order valence-corrected chi connectivity index (χ0v) is 21.1. The first kappa shape index (κ1) is 26.3. The highest BCUT2D eigenvalue weighted by atomic mass is 79.9. The molecule has 0 spiro atoms. The molecule has 2 aromatic carbocycles. The van der Waals surface area contributed by atoms with E-state index in [2.05, 4.69) is 37.4 Å². The molecule has 0 fully saturated rings. The number of ether oxygens (including phenoxy) is 1. The third-order valence-electron chi connectivity index (χ3n) is 4.26. The average molecular weight is 535 g/mol. The van der Waals surface area contributed by atoms with Crippen LogP contribution in [-0.2, 0) is 4.79 Å². The number of rotatable bonds is 8. The number of hydrogen-bond donors (Lipinski definition) is 4. The fourth-order valence-electron chi connectivity index (χ4n) is 2.65. The van der Waals surface area contributed by atoms with E-state index in [4.69, 9.17) is 17.0 Å². The number of amides is 3. The van der Waals surface area contributed by atoms with Crippen molar-refractivity contribution < 1.29 is 19.1 Å². The van der Waals surface area contributed by atoms with E-state index in [-0.39, 0.29) is 17.1 Å². The second-order valence-electron chi connectivity index (χ2n) is 7.40. The van der Waals surface area contributed by atoms with E-state index in [9.17, 15) is 14.4 Å². The molecule has 2 rings (SSSR count). The van der Waals surface area contributed by atoms with Gasteiger partial charge in [0.05, 0.1) is 10.6 Å². The van der Waals surface area contributed by atoms with Crippen LogP contribution < -0.4 is 26.2 Å². The van der Waals surface area contributed by atoms with Crippen LogP contribution in [0.3, 0.4) is 0 Å². The maximum absolute atomic E-state index is 12.4. The van der Waals surface area contributed by atoms with Gasteiger partial charge in [-0.2, -0.15) is 0 Å². The number of thiocarbonyl (C=S) groups is 1. The van der Waals surface area contributed by atoms with Crippen LogP contribution in [0.15, 0.2) is 46.9 Å². The van der Waals surface area contributed by atoms with Gasteiger partial charge in [0.15, 0.2) is 5.11 Å². The first-order valence-electron chi connectivity index (χ1n) is 10.5. The SMILES string of the molecule is CCCCC(=O)Nc1ccc(C(=O)NNC(=S)NC(=O)c2ccc(OC(C)C)c(Br)c2)cc1. The van der Waals surface area contributed by atoms with Crippen LogP contribution in [0.1, 0.15) is 60.7 Å². The van der Waals surface area contributed by atoms with Gasteiger partial charge in [-0.3, -0.25) is 30.6 Å². The van der Waals surface area contributed by atoms with Crippen molar-refractivity contribution in [2.24, 2.45) is 0 Å². The fraction of sp³-hybridized carbons (Fsp3) is 0.304. The molecule has 3 amide bonds. The summed E-state index contributed by atoms with van der Waals surface area (Å²) in [5.74, 6) is -0.331. The number of anilines is 1. The van der Waals surface area contributed by atoms with Crippen molar-refractivity contribution in [1.29, 1.82) is 0 Å². The number of hydrazine groups is 1. The van der Waals surface area contributed by atoms with Gasteiger partial charge in [0.2, 0.25) is 5.91 Å². The van der Waals surface area contributed by atoms with Gasteiger partial charge in [-0.1, -0.05) is 13.3 Å². The highest BCUT2D eigenvalue weighted by Crippen LogP contribution is 2.26. The molecule has 176 valence electrons. The lowest BCUT2D eigenvalue weighted by atomic mass is 10.2. The molecule has 2 aromatic rings. The normalized spacial score (nSPS) is 10.3. The zero-order chi connectivity index (χ0) is 24.4. The number of benzene rings is 2. The van der Waals surface area contributed by atoms with Crippen molar-refractivity contribution in [1.82, 2.24) is 16.2 Å². The van der Waals surface area contributed by atoms with E-state index in [0.29, 0.717) is 33.5 Å². The minimum absolute atomic E-state index is 0.00196. The summed E-state index contributed by atoms with van der Waals surface area (Å²) in [5.41, 5.74) is 6.25. The summed E-state index contributed by atoms with van der Waals surface area (Å²) in [5, 5.41) is 5.21. The van der Waals surface area contributed by atoms with Crippen LogP contribution in [0, 0.1) is 0 Å². The maximum Gasteiger partial charge on any atom is 0.269 e. The Morgan fingerprint density at radius 2 is 1.67 bits per heavy atom. The summed E-state index contributed by atoms with van der Waals surface area (Å²) >= 11 is 8.46. The smallest absolute Gasteiger partial charge is 0.269 e. The van der Waals surface area contributed by atoms with Gasteiger partial charge in [0, 0.05) is 23.2 Å². The van der Waals surface area contributed by atoms with Crippen LogP contribution in [-0.4, -0.2) is 28.9 Å². The molecule has 0 aromatic heterocycles. The number of unbranched alkanes of at least 4 members (excludes halogenated alkanes) is 1. The van der Waals surface area contributed by atoms with Gasteiger partial charge in [-0.25, -0.2) is 0 Å². The highest BCUT2D eigenvalue weighted by Gasteiger charge is 2.13. The van der Waals surface area contributed by atoms with Crippen molar-refractivity contribution in [3.8, 4) is 5.75 Å². The second kappa shape index (κ2) is 12.9. The Bertz CT molecular complexity index is 1010. The van der Waals surface area contributed by atoms with E-state index in [1.54, 1.807) is 42.5 Å². The zero-order valence-electron chi connectivity index (χ0n) is 18.7. The van der Waals surface area contributed by atoms with E-state index >= 15 is 0 Å². The van der Waals surface area contributed by atoms with Gasteiger partial charge in [0.25, 0.3) is 11.8 Å². The molecule has 0 radical (unpaired) electrons. The molecule has 10 heteroatoms. The van der Waals surface area contributed by atoms with Crippen molar-refractivity contribution in [3.63, 3.8) is 0 Å². The summed E-state index contributed by atoms with van der Waals surface area (Å²) in [4.78, 5) is 36.5. The van der Waals surface area contributed by atoms with E-state index in [1.165, 1.54) is 0 Å². The Morgan fingerprint density at radius 3 is 2.27 bits per heavy atom. The van der Waals surface area contributed by atoms with Crippen LogP contribution in [0.2, 0.25) is 0 Å². The molecule has 0 bridgehead atoms. The third kappa shape index (κ3) is 8.82. The quantitative estimate of drug-likeness (QED) is 0.296. The molecule has 33 heavy (non-hydrogen) atoms. The monoisotopic (exact) mass is 534 g/mol. The molecule has 0 aliphatic rings. The van der Waals surface area contributed by atoms with Gasteiger partial charge < -0.3 is 10.1 Å². The average Bonchev–Trinajstić information content (AvgIpc) is 2.77. The number of hydrogen-bond acceptors (Lipinski definition) is 5. The molecule has 0 atom stereocenters. The summed E-state index contributed by atoms with van der Waals surface area (Å²) in [6.07, 6.45) is 2.23. The number of carbonyl (C=O) groups is 3. The molecule has 0 aliphatic carbocycles.